The molecule has 0 unspecified atom stereocenters. The summed E-state index contributed by atoms with van der Waals surface area (Å²) in [5.74, 6) is -0.662. The van der Waals surface area contributed by atoms with E-state index in [1.165, 1.54) is 21.3 Å². The lowest BCUT2D eigenvalue weighted by Gasteiger charge is -2.05. The van der Waals surface area contributed by atoms with Crippen LogP contribution < -0.4 is 5.59 Å². The molecule has 7 nitrogen and oxygen atoms in total. The Morgan fingerprint density at radius 3 is 2.89 bits per heavy atom. The Bertz CT molecular complexity index is 734. The van der Waals surface area contributed by atoms with E-state index in [9.17, 15) is 4.79 Å². The number of carboxylic acids is 1. The second kappa shape index (κ2) is 3.69. The number of aromatic nitrogens is 5. The van der Waals surface area contributed by atoms with Crippen molar-refractivity contribution in [3.63, 3.8) is 0 Å². The van der Waals surface area contributed by atoms with Crippen LogP contribution in [0.25, 0.3) is 11.5 Å². The minimum atomic E-state index is -1.12. The Labute approximate surface area is 102 Å². The lowest BCUT2D eigenvalue weighted by atomic mass is 10.1. The molecule has 3 aromatic rings. The van der Waals surface area contributed by atoms with Crippen molar-refractivity contribution in [2.75, 3.05) is 0 Å². The fourth-order valence-corrected chi connectivity index (χ4v) is 1.65. The molecule has 0 saturated heterocycles. The Kier molecular flexibility index (Phi) is 2.16. The third-order valence-electron chi connectivity index (χ3n) is 2.39. The lowest BCUT2D eigenvalue weighted by Crippen LogP contribution is -2.11. The molecular weight excluding hydrogens is 233 g/mol. The SMILES string of the molecule is [B]c1cc2nc(C(=O)O)cc(-n3cccn3)n2n1. The van der Waals surface area contributed by atoms with E-state index in [-0.39, 0.29) is 11.3 Å². The van der Waals surface area contributed by atoms with Crippen molar-refractivity contribution in [3.05, 3.63) is 36.3 Å². The van der Waals surface area contributed by atoms with Crippen LogP contribution in [-0.2, 0) is 0 Å². The second-order valence-electron chi connectivity index (χ2n) is 3.59. The van der Waals surface area contributed by atoms with Crippen LogP contribution in [0.2, 0.25) is 0 Å². The smallest absolute Gasteiger partial charge is 0.354 e. The third-order valence-corrected chi connectivity index (χ3v) is 2.39. The number of carbonyl (C=O) groups is 1. The van der Waals surface area contributed by atoms with Crippen molar-refractivity contribution < 1.29 is 9.90 Å². The molecule has 0 fully saturated rings. The highest BCUT2D eigenvalue weighted by molar-refractivity contribution is 6.31. The Morgan fingerprint density at radius 1 is 1.39 bits per heavy atom. The van der Waals surface area contributed by atoms with Gasteiger partial charge in [-0.25, -0.2) is 14.5 Å². The highest BCUT2D eigenvalue weighted by Gasteiger charge is 2.13. The van der Waals surface area contributed by atoms with Crippen LogP contribution >= 0.6 is 0 Å². The quantitative estimate of drug-likeness (QED) is 0.604. The zero-order chi connectivity index (χ0) is 12.7. The molecule has 0 aliphatic carbocycles. The monoisotopic (exact) mass is 239 g/mol. The molecule has 0 spiro atoms. The van der Waals surface area contributed by atoms with E-state index >= 15 is 0 Å². The summed E-state index contributed by atoms with van der Waals surface area (Å²) in [6, 6.07) is 4.60. The van der Waals surface area contributed by atoms with E-state index in [0.717, 1.165) is 0 Å². The highest BCUT2D eigenvalue weighted by Crippen LogP contribution is 2.10. The number of rotatable bonds is 2. The predicted octanol–water partition coefficient (Wildman–Crippen LogP) is -0.593. The van der Waals surface area contributed by atoms with Gasteiger partial charge in [-0.3, -0.25) is 0 Å². The molecule has 0 aliphatic rings. The number of hydrogen-bond donors (Lipinski definition) is 1. The van der Waals surface area contributed by atoms with Crippen LogP contribution in [0.1, 0.15) is 10.5 Å². The van der Waals surface area contributed by atoms with E-state index in [1.807, 2.05) is 0 Å². The van der Waals surface area contributed by atoms with Crippen molar-refractivity contribution in [2.24, 2.45) is 0 Å². The van der Waals surface area contributed by atoms with Crippen LogP contribution in [0.5, 0.6) is 0 Å². The van der Waals surface area contributed by atoms with Gasteiger partial charge in [-0.15, -0.1) is 0 Å². The van der Waals surface area contributed by atoms with Gasteiger partial charge in [-0.1, -0.05) is 0 Å². The van der Waals surface area contributed by atoms with Gasteiger partial charge in [0.1, 0.15) is 7.85 Å². The summed E-state index contributed by atoms with van der Waals surface area (Å²) in [6.45, 7) is 0. The van der Waals surface area contributed by atoms with Crippen molar-refractivity contribution in [1.29, 1.82) is 0 Å². The maximum Gasteiger partial charge on any atom is 0.354 e. The average Bonchev–Trinajstić information content (AvgIpc) is 2.94. The first-order valence-corrected chi connectivity index (χ1v) is 5.05. The molecule has 3 aromatic heterocycles. The minimum Gasteiger partial charge on any atom is -0.477 e. The van der Waals surface area contributed by atoms with Crippen molar-refractivity contribution in [3.8, 4) is 5.82 Å². The molecule has 18 heavy (non-hydrogen) atoms. The second-order valence-corrected chi connectivity index (χ2v) is 3.59. The van der Waals surface area contributed by atoms with Gasteiger partial charge in [-0.05, 0) is 12.1 Å². The van der Waals surface area contributed by atoms with Crippen molar-refractivity contribution in [2.45, 2.75) is 0 Å². The first kappa shape index (κ1) is 10.5. The molecule has 0 saturated carbocycles. The summed E-state index contributed by atoms with van der Waals surface area (Å²) in [5.41, 5.74) is 0.532. The van der Waals surface area contributed by atoms with Gasteiger partial charge >= 0.3 is 5.97 Å². The van der Waals surface area contributed by atoms with Gasteiger partial charge in [0, 0.05) is 24.1 Å². The Balaban J connectivity index is 2.36. The average molecular weight is 239 g/mol. The third kappa shape index (κ3) is 1.55. The first-order valence-electron chi connectivity index (χ1n) is 5.05. The summed E-state index contributed by atoms with van der Waals surface area (Å²) in [7, 11) is 5.59. The molecule has 3 heterocycles. The van der Waals surface area contributed by atoms with Crippen molar-refractivity contribution in [1.82, 2.24) is 24.4 Å². The molecule has 0 atom stereocenters. The minimum absolute atomic E-state index is 0.0899. The molecule has 3 rings (SSSR count). The molecule has 86 valence electrons. The van der Waals surface area contributed by atoms with E-state index in [0.29, 0.717) is 11.5 Å². The van der Waals surface area contributed by atoms with E-state index in [1.54, 1.807) is 18.5 Å². The molecule has 0 aromatic carbocycles. The summed E-state index contributed by atoms with van der Waals surface area (Å²) in [6.07, 6.45) is 3.26. The van der Waals surface area contributed by atoms with Gasteiger partial charge < -0.3 is 5.11 Å². The zero-order valence-electron chi connectivity index (χ0n) is 9.06. The van der Waals surface area contributed by atoms with E-state index < -0.39 is 5.97 Å². The number of fused-ring (bicyclic) bond motifs is 1. The summed E-state index contributed by atoms with van der Waals surface area (Å²) >= 11 is 0. The standard InChI is InChI=1S/C10H6BN5O2/c11-7-5-8-13-6(10(17)18)4-9(16(8)14-7)15-3-1-2-12-15/h1-5H,(H,17,18). The van der Waals surface area contributed by atoms with Gasteiger partial charge in [0.05, 0.1) is 0 Å². The number of aromatic carboxylic acids is 1. The topological polar surface area (TPSA) is 85.3 Å². The maximum absolute atomic E-state index is 11.0. The van der Waals surface area contributed by atoms with Crippen LogP contribution in [0.15, 0.2) is 30.6 Å². The van der Waals surface area contributed by atoms with Crippen LogP contribution in [0, 0.1) is 0 Å². The molecule has 2 radical (unpaired) electrons. The normalized spacial score (nSPS) is 10.9. The van der Waals surface area contributed by atoms with Gasteiger partial charge in [-0.2, -0.15) is 14.7 Å². The summed E-state index contributed by atoms with van der Waals surface area (Å²) in [5, 5.41) is 17.1. The summed E-state index contributed by atoms with van der Waals surface area (Å²) < 4.78 is 2.93. The predicted molar refractivity (Wildman–Crippen MR) is 62.5 cm³/mol. The Hall–Kier alpha value is -2.64. The summed E-state index contributed by atoms with van der Waals surface area (Å²) in [4.78, 5) is 15.0. The molecular formula is C10H6BN5O2. The van der Waals surface area contributed by atoms with E-state index in [4.69, 9.17) is 13.0 Å². The fourth-order valence-electron chi connectivity index (χ4n) is 1.65. The van der Waals surface area contributed by atoms with Crippen LogP contribution in [0.4, 0.5) is 0 Å². The van der Waals surface area contributed by atoms with E-state index in [2.05, 4.69) is 15.2 Å². The molecule has 0 bridgehead atoms. The first-order chi connectivity index (χ1) is 8.65. The molecule has 1 N–H and O–H groups in total. The number of hydrogen-bond acceptors (Lipinski definition) is 4. The van der Waals surface area contributed by atoms with Gasteiger partial charge in [0.2, 0.25) is 0 Å². The number of nitrogens with zero attached hydrogens (tertiary/aromatic N) is 5. The highest BCUT2D eigenvalue weighted by atomic mass is 16.4. The number of carboxylic acid groups (broad SMARTS) is 1. The maximum atomic E-state index is 11.0. The molecule has 0 amide bonds. The Morgan fingerprint density at radius 2 is 2.22 bits per heavy atom. The molecule has 8 heteroatoms. The van der Waals surface area contributed by atoms with Crippen LogP contribution in [-0.4, -0.2) is 43.3 Å². The van der Waals surface area contributed by atoms with Gasteiger partial charge in [0.25, 0.3) is 0 Å². The lowest BCUT2D eigenvalue weighted by molar-refractivity contribution is 0.0690. The fraction of sp³-hybridized carbons (Fsp3) is 0. The van der Waals surface area contributed by atoms with Crippen molar-refractivity contribution >= 4 is 25.1 Å². The van der Waals surface area contributed by atoms with Gasteiger partial charge in [0.15, 0.2) is 17.2 Å². The van der Waals surface area contributed by atoms with Crippen LogP contribution in [0.3, 0.4) is 0 Å². The molecule has 0 aliphatic heterocycles. The largest absolute Gasteiger partial charge is 0.477 e. The zero-order valence-corrected chi connectivity index (χ0v) is 9.06.